The maximum absolute atomic E-state index is 12.1. The quantitative estimate of drug-likeness (QED) is 0.682. The fourth-order valence-electron chi connectivity index (χ4n) is 2.90. The van der Waals surface area contributed by atoms with Crippen LogP contribution in [0, 0.1) is 0 Å². The Morgan fingerprint density at radius 1 is 1.04 bits per heavy atom. The van der Waals surface area contributed by atoms with Crippen molar-refractivity contribution < 1.29 is 19.4 Å². The molecule has 152 valence electrons. The molecule has 2 rings (SSSR count). The molecule has 1 aliphatic rings. The molecule has 0 aromatic heterocycles. The molecule has 0 amide bonds. The van der Waals surface area contributed by atoms with Gasteiger partial charge < -0.3 is 20.9 Å². The molecule has 0 heterocycles. The molecule has 6 nitrogen and oxygen atoms in total. The molecular formula is C21H34N2O4. The number of rotatable bonds is 3. The van der Waals surface area contributed by atoms with Gasteiger partial charge in [-0.1, -0.05) is 32.1 Å². The fraction of sp³-hybridized carbons (Fsp3) is 0.619. The number of aromatic carboxylic acids is 1. The van der Waals surface area contributed by atoms with E-state index < -0.39 is 17.1 Å². The van der Waals surface area contributed by atoms with Gasteiger partial charge in [-0.25, -0.2) is 4.79 Å². The maximum atomic E-state index is 12.1. The highest BCUT2D eigenvalue weighted by Crippen LogP contribution is 2.27. The minimum Gasteiger partial charge on any atom is -0.478 e. The zero-order chi connectivity index (χ0) is 20.5. The molecular weight excluding hydrogens is 344 g/mol. The lowest BCUT2D eigenvalue weighted by atomic mass is 9.85. The van der Waals surface area contributed by atoms with Crippen molar-refractivity contribution in [1.82, 2.24) is 0 Å². The monoisotopic (exact) mass is 378 g/mol. The van der Waals surface area contributed by atoms with E-state index in [9.17, 15) is 9.59 Å². The largest absolute Gasteiger partial charge is 0.478 e. The third-order valence-electron chi connectivity index (χ3n) is 4.47. The zero-order valence-corrected chi connectivity index (χ0v) is 17.0. The number of nitrogens with two attached hydrogens (primary N) is 1. The molecule has 1 aromatic rings. The third-order valence-corrected chi connectivity index (χ3v) is 4.47. The first kappa shape index (κ1) is 23.0. The molecule has 4 N–H and O–H groups in total. The molecule has 0 radical (unpaired) electrons. The van der Waals surface area contributed by atoms with E-state index in [2.05, 4.69) is 5.32 Å². The van der Waals surface area contributed by atoms with Crippen LogP contribution in [0.4, 0.5) is 5.69 Å². The van der Waals surface area contributed by atoms with E-state index in [-0.39, 0.29) is 5.97 Å². The Hall–Kier alpha value is -2.08. The predicted octanol–water partition coefficient (Wildman–Crippen LogP) is 4.20. The van der Waals surface area contributed by atoms with Crippen molar-refractivity contribution in [2.24, 2.45) is 5.73 Å². The van der Waals surface area contributed by atoms with Gasteiger partial charge in [0, 0.05) is 12.7 Å². The number of benzene rings is 1. The van der Waals surface area contributed by atoms with Crippen molar-refractivity contribution in [2.75, 3.05) is 12.4 Å². The topological polar surface area (TPSA) is 102 Å². The van der Waals surface area contributed by atoms with E-state index in [1.165, 1.54) is 19.3 Å². The van der Waals surface area contributed by atoms with E-state index in [1.807, 2.05) is 20.8 Å². The van der Waals surface area contributed by atoms with Gasteiger partial charge in [0.2, 0.25) is 0 Å². The molecule has 1 fully saturated rings. The van der Waals surface area contributed by atoms with Crippen LogP contribution in [-0.4, -0.2) is 35.2 Å². The summed E-state index contributed by atoms with van der Waals surface area (Å²) in [6.45, 7) is 5.66. The summed E-state index contributed by atoms with van der Waals surface area (Å²) in [5.74, 6) is -1.12. The fourth-order valence-corrected chi connectivity index (χ4v) is 2.90. The summed E-state index contributed by atoms with van der Waals surface area (Å²) >= 11 is 0. The Morgan fingerprint density at radius 3 is 1.93 bits per heavy atom. The number of hydrogen-bond donors (Lipinski definition) is 3. The summed E-state index contributed by atoms with van der Waals surface area (Å²) in [6.07, 6.45) is 7.24. The number of esters is 1. The summed E-state index contributed by atoms with van der Waals surface area (Å²) in [4.78, 5) is 22.4. The molecule has 0 bridgehead atoms. The van der Waals surface area contributed by atoms with Crippen LogP contribution in [0.25, 0.3) is 0 Å². The predicted molar refractivity (Wildman–Crippen MR) is 108 cm³/mol. The summed E-state index contributed by atoms with van der Waals surface area (Å²) in [5.41, 5.74) is 6.24. The van der Waals surface area contributed by atoms with Crippen molar-refractivity contribution in [3.63, 3.8) is 0 Å². The second kappa shape index (κ2) is 10.3. The van der Waals surface area contributed by atoms with Crippen LogP contribution in [0.3, 0.4) is 0 Å². The second-order valence-corrected chi connectivity index (χ2v) is 8.06. The number of anilines is 1. The van der Waals surface area contributed by atoms with Gasteiger partial charge in [0.1, 0.15) is 11.1 Å². The Morgan fingerprint density at radius 2 is 1.52 bits per heavy atom. The molecule has 1 aromatic carbocycles. The first-order valence-corrected chi connectivity index (χ1v) is 9.61. The summed E-state index contributed by atoms with van der Waals surface area (Å²) < 4.78 is 5.41. The van der Waals surface area contributed by atoms with Crippen molar-refractivity contribution in [3.8, 4) is 0 Å². The van der Waals surface area contributed by atoms with Gasteiger partial charge in [0.15, 0.2) is 0 Å². The third kappa shape index (κ3) is 8.43. The summed E-state index contributed by atoms with van der Waals surface area (Å²) in [7, 11) is 1.79. The number of carboxylic acid groups (broad SMARTS) is 1. The van der Waals surface area contributed by atoms with Crippen molar-refractivity contribution in [3.05, 3.63) is 29.8 Å². The van der Waals surface area contributed by atoms with Crippen LogP contribution in [-0.2, 0) is 9.53 Å². The lowest BCUT2D eigenvalue weighted by molar-refractivity contribution is -0.162. The number of ether oxygens (including phenoxy) is 1. The lowest BCUT2D eigenvalue weighted by Crippen LogP contribution is -2.51. The SMILES string of the molecule is CC(C)(C)OC(=O)C1(N)CCCCCCC1.CNc1ccc(C(=O)O)cc1. The van der Waals surface area contributed by atoms with Gasteiger partial charge in [-0.3, -0.25) is 4.79 Å². The summed E-state index contributed by atoms with van der Waals surface area (Å²) in [6, 6.07) is 6.58. The number of hydrogen-bond acceptors (Lipinski definition) is 5. The summed E-state index contributed by atoms with van der Waals surface area (Å²) in [5, 5.41) is 11.4. The molecule has 1 aliphatic carbocycles. The van der Waals surface area contributed by atoms with E-state index in [4.69, 9.17) is 15.6 Å². The first-order valence-electron chi connectivity index (χ1n) is 9.61. The van der Waals surface area contributed by atoms with Gasteiger partial charge in [0.25, 0.3) is 0 Å². The lowest BCUT2D eigenvalue weighted by Gasteiger charge is -2.32. The molecule has 27 heavy (non-hydrogen) atoms. The molecule has 0 unspecified atom stereocenters. The molecule has 0 atom stereocenters. The van der Waals surface area contributed by atoms with Crippen molar-refractivity contribution in [2.45, 2.75) is 76.9 Å². The standard InChI is InChI=1S/C13H25NO2.C8H9NO2/c1-12(2,3)16-11(15)13(14)9-7-5-4-6-8-10-13;1-9-7-4-2-6(3-5-7)8(10)11/h4-10,14H2,1-3H3;2-5,9H,1H3,(H,10,11). The Bertz CT molecular complexity index is 598. The average molecular weight is 379 g/mol. The Labute approximate surface area is 162 Å². The van der Waals surface area contributed by atoms with Crippen LogP contribution < -0.4 is 11.1 Å². The highest BCUT2D eigenvalue weighted by atomic mass is 16.6. The molecule has 6 heteroatoms. The zero-order valence-electron chi connectivity index (χ0n) is 17.0. The van der Waals surface area contributed by atoms with Crippen LogP contribution >= 0.6 is 0 Å². The molecule has 0 saturated heterocycles. The van der Waals surface area contributed by atoms with E-state index >= 15 is 0 Å². The van der Waals surface area contributed by atoms with Gasteiger partial charge in [-0.05, 0) is 57.9 Å². The van der Waals surface area contributed by atoms with Gasteiger partial charge in [-0.15, -0.1) is 0 Å². The smallest absolute Gasteiger partial charge is 0.335 e. The number of nitrogens with one attached hydrogen (secondary N) is 1. The van der Waals surface area contributed by atoms with Crippen molar-refractivity contribution >= 4 is 17.6 Å². The normalized spacial score (nSPS) is 16.8. The first-order chi connectivity index (χ1) is 12.6. The second-order valence-electron chi connectivity index (χ2n) is 8.06. The number of carbonyl (C=O) groups is 2. The number of carbonyl (C=O) groups excluding carboxylic acids is 1. The van der Waals surface area contributed by atoms with E-state index in [1.54, 1.807) is 31.3 Å². The average Bonchev–Trinajstić information content (AvgIpc) is 2.57. The minimum absolute atomic E-state index is 0.220. The molecule has 0 spiro atoms. The molecule has 1 saturated carbocycles. The van der Waals surface area contributed by atoms with Gasteiger partial charge in [0.05, 0.1) is 5.56 Å². The Balaban J connectivity index is 0.000000289. The Kier molecular flexibility index (Phi) is 8.76. The van der Waals surface area contributed by atoms with Crippen LogP contribution in [0.2, 0.25) is 0 Å². The van der Waals surface area contributed by atoms with Crippen LogP contribution in [0.5, 0.6) is 0 Å². The van der Waals surface area contributed by atoms with E-state index in [0.29, 0.717) is 5.56 Å². The molecule has 0 aliphatic heterocycles. The maximum Gasteiger partial charge on any atom is 0.335 e. The van der Waals surface area contributed by atoms with Crippen molar-refractivity contribution in [1.29, 1.82) is 0 Å². The minimum atomic E-state index is -0.896. The number of carboxylic acids is 1. The highest BCUT2D eigenvalue weighted by molar-refractivity contribution is 5.88. The van der Waals surface area contributed by atoms with E-state index in [0.717, 1.165) is 31.4 Å². The van der Waals surface area contributed by atoms with Gasteiger partial charge in [-0.2, -0.15) is 0 Å². The van der Waals surface area contributed by atoms with Crippen LogP contribution in [0.1, 0.15) is 76.1 Å². The highest BCUT2D eigenvalue weighted by Gasteiger charge is 2.37. The van der Waals surface area contributed by atoms with Gasteiger partial charge >= 0.3 is 11.9 Å². The van der Waals surface area contributed by atoms with Crippen LogP contribution in [0.15, 0.2) is 24.3 Å².